The smallest absolute Gasteiger partial charge is 0.198 e. The zero-order valence-corrected chi connectivity index (χ0v) is 12.1. The fourth-order valence-corrected chi connectivity index (χ4v) is 2.68. The number of aromatic amines is 1. The van der Waals surface area contributed by atoms with Gasteiger partial charge in [0.25, 0.3) is 0 Å². The number of furan rings is 1. The number of aromatic nitrogens is 1. The summed E-state index contributed by atoms with van der Waals surface area (Å²) in [4.78, 5) is 16.0. The van der Waals surface area contributed by atoms with E-state index in [9.17, 15) is 4.79 Å². The Labute approximate surface area is 117 Å². The van der Waals surface area contributed by atoms with Crippen molar-refractivity contribution in [1.29, 1.82) is 0 Å². The number of hydrogen-bond donors (Lipinski definition) is 1. The van der Waals surface area contributed by atoms with E-state index in [0.717, 1.165) is 27.8 Å². The first-order valence-corrected chi connectivity index (χ1v) is 6.68. The minimum Gasteiger partial charge on any atom is -0.466 e. The standard InChI is InChI=1S/C17H17NO2/c1-9-5-6-15-13(7-9)14(8-18-15)17(19)16-10(2)11(3)20-12(16)4/h5-8,18H,1-4H3. The molecule has 0 saturated heterocycles. The molecule has 1 N–H and O–H groups in total. The first-order valence-electron chi connectivity index (χ1n) is 6.68. The molecule has 0 aliphatic rings. The average molecular weight is 267 g/mol. The zero-order valence-electron chi connectivity index (χ0n) is 12.1. The van der Waals surface area contributed by atoms with Gasteiger partial charge in [-0.3, -0.25) is 4.79 Å². The van der Waals surface area contributed by atoms with Gasteiger partial charge in [0, 0.05) is 28.2 Å². The van der Waals surface area contributed by atoms with E-state index in [0.29, 0.717) is 16.9 Å². The van der Waals surface area contributed by atoms with Crippen molar-refractivity contribution < 1.29 is 9.21 Å². The van der Waals surface area contributed by atoms with Crippen molar-refractivity contribution in [3.05, 3.63) is 58.2 Å². The van der Waals surface area contributed by atoms with Crippen molar-refractivity contribution in [3.8, 4) is 0 Å². The number of benzene rings is 1. The van der Waals surface area contributed by atoms with E-state index < -0.39 is 0 Å². The quantitative estimate of drug-likeness (QED) is 0.706. The summed E-state index contributed by atoms with van der Waals surface area (Å²) in [6, 6.07) is 6.07. The van der Waals surface area contributed by atoms with Crippen LogP contribution in [0.1, 0.15) is 38.6 Å². The molecular weight excluding hydrogens is 250 g/mol. The second kappa shape index (κ2) is 4.37. The monoisotopic (exact) mass is 267 g/mol. The zero-order chi connectivity index (χ0) is 14.4. The Morgan fingerprint density at radius 2 is 1.85 bits per heavy atom. The molecule has 3 nitrogen and oxygen atoms in total. The Bertz CT molecular complexity index is 821. The molecule has 1 aromatic carbocycles. The van der Waals surface area contributed by atoms with Crippen LogP contribution in [0.3, 0.4) is 0 Å². The Morgan fingerprint density at radius 1 is 1.10 bits per heavy atom. The summed E-state index contributed by atoms with van der Waals surface area (Å²) in [6.07, 6.45) is 1.79. The topological polar surface area (TPSA) is 46.0 Å². The number of rotatable bonds is 2. The van der Waals surface area contributed by atoms with Crippen LogP contribution in [0.15, 0.2) is 28.8 Å². The molecule has 3 heteroatoms. The maximum Gasteiger partial charge on any atom is 0.198 e. The maximum atomic E-state index is 12.8. The number of nitrogens with one attached hydrogen (secondary N) is 1. The molecule has 0 amide bonds. The number of carbonyl (C=O) groups excluding carboxylic acids is 1. The second-order valence-corrected chi connectivity index (χ2v) is 5.29. The molecule has 0 atom stereocenters. The largest absolute Gasteiger partial charge is 0.466 e. The fraction of sp³-hybridized carbons (Fsp3) is 0.235. The third-order valence-electron chi connectivity index (χ3n) is 3.87. The van der Waals surface area contributed by atoms with E-state index in [4.69, 9.17) is 4.42 Å². The van der Waals surface area contributed by atoms with E-state index in [1.165, 1.54) is 0 Å². The first-order chi connectivity index (χ1) is 9.49. The molecular formula is C17H17NO2. The minimum atomic E-state index is 0.0219. The highest BCUT2D eigenvalue weighted by atomic mass is 16.3. The maximum absolute atomic E-state index is 12.8. The van der Waals surface area contributed by atoms with Gasteiger partial charge in [-0.2, -0.15) is 0 Å². The molecule has 0 unspecified atom stereocenters. The van der Waals surface area contributed by atoms with Gasteiger partial charge in [0.2, 0.25) is 0 Å². The van der Waals surface area contributed by atoms with Crippen molar-refractivity contribution in [2.75, 3.05) is 0 Å². The lowest BCUT2D eigenvalue weighted by Crippen LogP contribution is -2.03. The van der Waals surface area contributed by atoms with Crippen molar-refractivity contribution >= 4 is 16.7 Å². The van der Waals surface area contributed by atoms with Gasteiger partial charge in [0.15, 0.2) is 5.78 Å². The molecule has 0 fully saturated rings. The number of hydrogen-bond acceptors (Lipinski definition) is 2. The number of fused-ring (bicyclic) bond motifs is 1. The number of carbonyl (C=O) groups is 1. The molecule has 0 aliphatic carbocycles. The van der Waals surface area contributed by atoms with Gasteiger partial charge >= 0.3 is 0 Å². The predicted molar refractivity (Wildman–Crippen MR) is 79.4 cm³/mol. The van der Waals surface area contributed by atoms with Crippen LogP contribution in [0.2, 0.25) is 0 Å². The van der Waals surface area contributed by atoms with Crippen LogP contribution in [-0.2, 0) is 0 Å². The van der Waals surface area contributed by atoms with E-state index in [1.807, 2.05) is 45.9 Å². The van der Waals surface area contributed by atoms with Crippen LogP contribution in [0, 0.1) is 27.7 Å². The molecule has 102 valence electrons. The van der Waals surface area contributed by atoms with Gasteiger partial charge in [-0.1, -0.05) is 11.6 Å². The lowest BCUT2D eigenvalue weighted by Gasteiger charge is -2.01. The molecule has 0 saturated carbocycles. The van der Waals surface area contributed by atoms with Crippen LogP contribution in [0.4, 0.5) is 0 Å². The van der Waals surface area contributed by atoms with Crippen LogP contribution < -0.4 is 0 Å². The van der Waals surface area contributed by atoms with Gasteiger partial charge < -0.3 is 9.40 Å². The molecule has 3 rings (SSSR count). The van der Waals surface area contributed by atoms with Crippen LogP contribution in [-0.4, -0.2) is 10.8 Å². The second-order valence-electron chi connectivity index (χ2n) is 5.29. The predicted octanol–water partition coefficient (Wildman–Crippen LogP) is 4.23. The molecule has 2 heterocycles. The van der Waals surface area contributed by atoms with E-state index in [-0.39, 0.29) is 5.78 Å². The summed E-state index contributed by atoms with van der Waals surface area (Å²) >= 11 is 0. The van der Waals surface area contributed by atoms with Crippen molar-refractivity contribution in [2.24, 2.45) is 0 Å². The number of H-pyrrole nitrogens is 1. The third-order valence-corrected chi connectivity index (χ3v) is 3.87. The van der Waals surface area contributed by atoms with Gasteiger partial charge in [-0.05, 0) is 39.8 Å². The highest BCUT2D eigenvalue weighted by molar-refractivity contribution is 6.17. The highest BCUT2D eigenvalue weighted by Crippen LogP contribution is 2.27. The van der Waals surface area contributed by atoms with Crippen molar-refractivity contribution in [3.63, 3.8) is 0 Å². The van der Waals surface area contributed by atoms with Crippen LogP contribution in [0.25, 0.3) is 10.9 Å². The lowest BCUT2D eigenvalue weighted by atomic mass is 9.99. The van der Waals surface area contributed by atoms with Crippen LogP contribution in [0.5, 0.6) is 0 Å². The highest BCUT2D eigenvalue weighted by Gasteiger charge is 2.22. The minimum absolute atomic E-state index is 0.0219. The summed E-state index contributed by atoms with van der Waals surface area (Å²) in [5, 5.41) is 0.965. The van der Waals surface area contributed by atoms with E-state index in [1.54, 1.807) is 6.20 Å². The lowest BCUT2D eigenvalue weighted by molar-refractivity contribution is 0.103. The number of aryl methyl sites for hydroxylation is 3. The Balaban J connectivity index is 2.20. The van der Waals surface area contributed by atoms with Crippen molar-refractivity contribution in [1.82, 2.24) is 4.98 Å². The Kier molecular flexibility index (Phi) is 2.78. The summed E-state index contributed by atoms with van der Waals surface area (Å²) in [7, 11) is 0. The fourth-order valence-electron chi connectivity index (χ4n) is 2.68. The normalized spacial score (nSPS) is 11.2. The van der Waals surface area contributed by atoms with Crippen molar-refractivity contribution in [2.45, 2.75) is 27.7 Å². The SMILES string of the molecule is Cc1ccc2[nH]cc(C(=O)c3c(C)oc(C)c3C)c2c1. The Morgan fingerprint density at radius 3 is 2.50 bits per heavy atom. The molecule has 0 spiro atoms. The third kappa shape index (κ3) is 1.78. The number of ketones is 1. The summed E-state index contributed by atoms with van der Waals surface area (Å²) in [5.74, 6) is 1.52. The summed E-state index contributed by atoms with van der Waals surface area (Å²) in [5.41, 5.74) is 4.44. The van der Waals surface area contributed by atoms with Gasteiger partial charge in [-0.25, -0.2) is 0 Å². The molecule has 20 heavy (non-hydrogen) atoms. The molecule has 0 bridgehead atoms. The molecule has 0 aliphatic heterocycles. The van der Waals surface area contributed by atoms with Gasteiger partial charge in [-0.15, -0.1) is 0 Å². The Hall–Kier alpha value is -2.29. The molecule has 0 radical (unpaired) electrons. The van der Waals surface area contributed by atoms with Gasteiger partial charge in [0.05, 0.1) is 5.56 Å². The van der Waals surface area contributed by atoms with E-state index in [2.05, 4.69) is 4.98 Å². The molecule has 2 aromatic heterocycles. The van der Waals surface area contributed by atoms with Gasteiger partial charge in [0.1, 0.15) is 11.5 Å². The van der Waals surface area contributed by atoms with Crippen LogP contribution >= 0.6 is 0 Å². The van der Waals surface area contributed by atoms with E-state index >= 15 is 0 Å². The summed E-state index contributed by atoms with van der Waals surface area (Å²) in [6.45, 7) is 7.68. The molecule has 3 aromatic rings. The average Bonchev–Trinajstić information content (AvgIpc) is 2.91. The summed E-state index contributed by atoms with van der Waals surface area (Å²) < 4.78 is 5.57. The first kappa shape index (κ1) is 12.7.